The number of benzene rings is 1. The summed E-state index contributed by atoms with van der Waals surface area (Å²) in [6.45, 7) is 0. The van der Waals surface area contributed by atoms with E-state index in [4.69, 9.17) is 11.6 Å². The Morgan fingerprint density at radius 3 is 2.54 bits per heavy atom. The SMILES string of the molecule is O=C/C(Cl)=C/Nc1ccc(Br)cc1. The molecule has 68 valence electrons. The molecule has 0 fully saturated rings. The van der Waals surface area contributed by atoms with Crippen LogP contribution in [0.4, 0.5) is 5.69 Å². The highest BCUT2D eigenvalue weighted by Crippen LogP contribution is 2.14. The Kier molecular flexibility index (Phi) is 3.99. The van der Waals surface area contributed by atoms with Gasteiger partial charge in [0.1, 0.15) is 0 Å². The molecule has 0 aliphatic rings. The minimum absolute atomic E-state index is 0.142. The number of aldehydes is 1. The molecule has 0 saturated heterocycles. The second-order valence-corrected chi connectivity index (χ2v) is 3.65. The van der Waals surface area contributed by atoms with Crippen LogP contribution in [0.2, 0.25) is 0 Å². The van der Waals surface area contributed by atoms with E-state index in [9.17, 15) is 4.79 Å². The summed E-state index contributed by atoms with van der Waals surface area (Å²) in [6.07, 6.45) is 2.02. The van der Waals surface area contributed by atoms with Crippen molar-refractivity contribution in [2.75, 3.05) is 5.32 Å². The predicted octanol–water partition coefficient (Wildman–Crippen LogP) is 3.14. The molecule has 1 N–H and O–H groups in total. The summed E-state index contributed by atoms with van der Waals surface area (Å²) in [5, 5.41) is 3.02. The van der Waals surface area contributed by atoms with Gasteiger partial charge in [0.25, 0.3) is 0 Å². The molecule has 0 saturated carbocycles. The second-order valence-electron chi connectivity index (χ2n) is 2.30. The van der Waals surface area contributed by atoms with Gasteiger partial charge in [-0.2, -0.15) is 0 Å². The van der Waals surface area contributed by atoms with Gasteiger partial charge >= 0.3 is 0 Å². The van der Waals surface area contributed by atoms with Crippen LogP contribution in [0.25, 0.3) is 0 Å². The molecule has 13 heavy (non-hydrogen) atoms. The van der Waals surface area contributed by atoms with Crippen molar-refractivity contribution in [3.63, 3.8) is 0 Å². The molecule has 0 aliphatic carbocycles. The molecule has 1 aromatic rings. The molecule has 0 heterocycles. The molecule has 0 unspecified atom stereocenters. The van der Waals surface area contributed by atoms with Crippen molar-refractivity contribution in [1.82, 2.24) is 0 Å². The van der Waals surface area contributed by atoms with Crippen molar-refractivity contribution >= 4 is 39.5 Å². The average molecular weight is 261 g/mol. The topological polar surface area (TPSA) is 29.1 Å². The maximum atomic E-state index is 10.1. The Balaban J connectivity index is 2.65. The molecular weight excluding hydrogens is 253 g/mol. The van der Waals surface area contributed by atoms with Crippen LogP contribution < -0.4 is 5.32 Å². The van der Waals surface area contributed by atoms with E-state index in [2.05, 4.69) is 21.2 Å². The van der Waals surface area contributed by atoms with Crippen LogP contribution in [0.3, 0.4) is 0 Å². The van der Waals surface area contributed by atoms with Gasteiger partial charge in [-0.05, 0) is 24.3 Å². The van der Waals surface area contributed by atoms with Gasteiger partial charge in [-0.25, -0.2) is 0 Å². The largest absolute Gasteiger partial charge is 0.360 e. The molecule has 2 nitrogen and oxygen atoms in total. The van der Waals surface area contributed by atoms with Gasteiger partial charge in [-0.1, -0.05) is 27.5 Å². The molecule has 1 aromatic carbocycles. The standard InChI is InChI=1S/C9H7BrClNO/c10-7-1-3-9(4-2-7)12-5-8(11)6-13/h1-6,12H/b8-5-. The van der Waals surface area contributed by atoms with E-state index in [0.29, 0.717) is 6.29 Å². The zero-order valence-electron chi connectivity index (χ0n) is 6.63. The zero-order chi connectivity index (χ0) is 9.68. The molecule has 0 bridgehead atoms. The first-order chi connectivity index (χ1) is 6.22. The van der Waals surface area contributed by atoms with E-state index >= 15 is 0 Å². The lowest BCUT2D eigenvalue weighted by Crippen LogP contribution is -1.88. The minimum atomic E-state index is 0.142. The molecule has 0 radical (unpaired) electrons. The first-order valence-corrected chi connectivity index (χ1v) is 4.72. The fourth-order valence-electron chi connectivity index (χ4n) is 0.732. The summed E-state index contributed by atoms with van der Waals surface area (Å²) in [7, 11) is 0. The monoisotopic (exact) mass is 259 g/mol. The lowest BCUT2D eigenvalue weighted by molar-refractivity contribution is -0.104. The van der Waals surface area contributed by atoms with Gasteiger partial charge in [-0.15, -0.1) is 0 Å². The highest BCUT2D eigenvalue weighted by molar-refractivity contribution is 9.10. The van der Waals surface area contributed by atoms with Crippen LogP contribution >= 0.6 is 27.5 Å². The van der Waals surface area contributed by atoms with E-state index in [1.54, 1.807) is 0 Å². The van der Waals surface area contributed by atoms with Crippen molar-refractivity contribution in [1.29, 1.82) is 0 Å². The van der Waals surface area contributed by atoms with Crippen LogP contribution in [0.1, 0.15) is 0 Å². The van der Waals surface area contributed by atoms with Crippen molar-refractivity contribution in [2.24, 2.45) is 0 Å². The van der Waals surface area contributed by atoms with E-state index in [1.807, 2.05) is 24.3 Å². The van der Waals surface area contributed by atoms with Crippen LogP contribution in [-0.2, 0) is 4.79 Å². The maximum absolute atomic E-state index is 10.1. The summed E-state index contributed by atoms with van der Waals surface area (Å²) in [6, 6.07) is 7.53. The van der Waals surface area contributed by atoms with Crippen LogP contribution in [0.15, 0.2) is 40.0 Å². The molecule has 1 rings (SSSR count). The normalized spacial score (nSPS) is 11.1. The van der Waals surface area contributed by atoms with Crippen molar-refractivity contribution < 1.29 is 4.79 Å². The predicted molar refractivity (Wildman–Crippen MR) is 57.8 cm³/mol. The average Bonchev–Trinajstić information content (AvgIpc) is 2.16. The Morgan fingerprint density at radius 1 is 1.38 bits per heavy atom. The Morgan fingerprint density at radius 2 is 2.00 bits per heavy atom. The number of hydrogen-bond acceptors (Lipinski definition) is 2. The summed E-state index contributed by atoms with van der Waals surface area (Å²) in [5.41, 5.74) is 0.878. The summed E-state index contributed by atoms with van der Waals surface area (Å²) in [4.78, 5) is 10.1. The van der Waals surface area contributed by atoms with Crippen LogP contribution in [-0.4, -0.2) is 6.29 Å². The Bertz CT molecular complexity index is 321. The third-order valence-corrected chi connectivity index (χ3v) is 2.06. The van der Waals surface area contributed by atoms with E-state index in [0.717, 1.165) is 10.2 Å². The van der Waals surface area contributed by atoms with Crippen LogP contribution in [0, 0.1) is 0 Å². The molecule has 0 spiro atoms. The van der Waals surface area contributed by atoms with Gasteiger partial charge in [-0.3, -0.25) is 4.79 Å². The smallest absolute Gasteiger partial charge is 0.162 e. The summed E-state index contributed by atoms with van der Waals surface area (Å²) in [5.74, 6) is 0. The highest BCUT2D eigenvalue weighted by Gasteiger charge is 1.90. The minimum Gasteiger partial charge on any atom is -0.360 e. The van der Waals surface area contributed by atoms with E-state index < -0.39 is 0 Å². The summed E-state index contributed by atoms with van der Waals surface area (Å²) < 4.78 is 1.00. The van der Waals surface area contributed by atoms with Crippen molar-refractivity contribution in [3.05, 3.63) is 40.0 Å². The van der Waals surface area contributed by atoms with Gasteiger partial charge in [0.15, 0.2) is 6.29 Å². The third-order valence-electron chi connectivity index (χ3n) is 1.33. The number of halogens is 2. The van der Waals surface area contributed by atoms with Gasteiger partial charge in [0.05, 0.1) is 5.03 Å². The molecule has 0 aromatic heterocycles. The van der Waals surface area contributed by atoms with Crippen molar-refractivity contribution in [2.45, 2.75) is 0 Å². The van der Waals surface area contributed by atoms with E-state index in [-0.39, 0.29) is 5.03 Å². The van der Waals surface area contributed by atoms with Crippen molar-refractivity contribution in [3.8, 4) is 0 Å². The number of carbonyl (C=O) groups is 1. The number of hydrogen-bond donors (Lipinski definition) is 1. The maximum Gasteiger partial charge on any atom is 0.162 e. The summed E-state index contributed by atoms with van der Waals surface area (Å²) >= 11 is 8.78. The number of allylic oxidation sites excluding steroid dienone is 1. The lowest BCUT2D eigenvalue weighted by Gasteiger charge is -1.99. The first kappa shape index (κ1) is 10.3. The Hall–Kier alpha value is -0.800. The van der Waals surface area contributed by atoms with E-state index in [1.165, 1.54) is 6.20 Å². The van der Waals surface area contributed by atoms with Crippen LogP contribution in [0.5, 0.6) is 0 Å². The van der Waals surface area contributed by atoms with Gasteiger partial charge < -0.3 is 5.32 Å². The molecular formula is C9H7BrClNO. The zero-order valence-corrected chi connectivity index (χ0v) is 8.97. The lowest BCUT2D eigenvalue weighted by atomic mass is 10.3. The quantitative estimate of drug-likeness (QED) is 0.668. The number of rotatable bonds is 3. The molecule has 0 atom stereocenters. The third kappa shape index (κ3) is 3.61. The number of anilines is 1. The molecule has 0 amide bonds. The molecule has 0 aliphatic heterocycles. The molecule has 4 heteroatoms. The first-order valence-electron chi connectivity index (χ1n) is 3.55. The number of carbonyl (C=O) groups excluding carboxylic acids is 1. The fraction of sp³-hybridized carbons (Fsp3) is 0. The fourth-order valence-corrected chi connectivity index (χ4v) is 1.05. The number of nitrogens with one attached hydrogen (secondary N) is 1. The second kappa shape index (κ2) is 5.04. The van der Waals surface area contributed by atoms with Gasteiger partial charge in [0.2, 0.25) is 0 Å². The van der Waals surface area contributed by atoms with Gasteiger partial charge in [0, 0.05) is 16.4 Å². The Labute approximate surface area is 89.7 Å². The highest BCUT2D eigenvalue weighted by atomic mass is 79.9.